The molecule has 28 heavy (non-hydrogen) atoms. The fourth-order valence-electron chi connectivity index (χ4n) is 3.33. The van der Waals surface area contributed by atoms with Gasteiger partial charge >= 0.3 is 0 Å². The molecule has 7 heteroatoms. The third-order valence-corrected chi connectivity index (χ3v) is 4.74. The number of ether oxygens (including phenoxy) is 2. The first kappa shape index (κ1) is 21.8. The van der Waals surface area contributed by atoms with Gasteiger partial charge in [-0.05, 0) is 47.4 Å². The Bertz CT molecular complexity index is 892. The van der Waals surface area contributed by atoms with E-state index in [2.05, 4.69) is 27.3 Å². The summed E-state index contributed by atoms with van der Waals surface area (Å²) >= 11 is 0. The van der Waals surface area contributed by atoms with Gasteiger partial charge in [0.05, 0.1) is 25.9 Å². The average Bonchev–Trinajstić information content (AvgIpc) is 2.73. The molecule has 1 aliphatic rings. The molecule has 3 rings (SSSR count). The normalized spacial score (nSPS) is 13.1. The quantitative estimate of drug-likeness (QED) is 0.403. The Balaban J connectivity index is 0.00000280. The van der Waals surface area contributed by atoms with Crippen LogP contribution < -0.4 is 14.8 Å². The van der Waals surface area contributed by atoms with Gasteiger partial charge in [-0.3, -0.25) is 4.99 Å². The summed E-state index contributed by atoms with van der Waals surface area (Å²) in [5.74, 6) is 2.36. The summed E-state index contributed by atoms with van der Waals surface area (Å²) in [6.07, 6.45) is 0.917. The molecule has 0 atom stereocenters. The van der Waals surface area contributed by atoms with Crippen LogP contribution in [0.4, 0.5) is 0 Å². The Morgan fingerprint density at radius 1 is 1.18 bits per heavy atom. The maximum absolute atomic E-state index is 9.04. The van der Waals surface area contributed by atoms with E-state index in [1.807, 2.05) is 30.3 Å². The molecule has 2 aromatic rings. The lowest BCUT2D eigenvalue weighted by atomic mass is 9.99. The maximum atomic E-state index is 9.04. The molecule has 1 heterocycles. The van der Waals surface area contributed by atoms with Gasteiger partial charge in [-0.15, -0.1) is 24.0 Å². The molecule has 0 saturated carbocycles. The van der Waals surface area contributed by atoms with Crippen molar-refractivity contribution in [3.05, 3.63) is 58.7 Å². The number of nitrogens with one attached hydrogen (secondary N) is 1. The molecule has 2 aromatic carbocycles. The van der Waals surface area contributed by atoms with Crippen molar-refractivity contribution in [1.29, 1.82) is 5.26 Å². The van der Waals surface area contributed by atoms with Gasteiger partial charge in [0.15, 0.2) is 17.5 Å². The predicted octanol–water partition coefficient (Wildman–Crippen LogP) is 3.33. The van der Waals surface area contributed by atoms with E-state index in [4.69, 9.17) is 14.7 Å². The predicted molar refractivity (Wildman–Crippen MR) is 120 cm³/mol. The molecule has 0 aliphatic carbocycles. The van der Waals surface area contributed by atoms with Crippen molar-refractivity contribution >= 4 is 29.9 Å². The number of benzene rings is 2. The van der Waals surface area contributed by atoms with Gasteiger partial charge in [-0.2, -0.15) is 5.26 Å². The fourth-order valence-corrected chi connectivity index (χ4v) is 3.33. The van der Waals surface area contributed by atoms with Crippen molar-refractivity contribution in [3.8, 4) is 17.6 Å². The van der Waals surface area contributed by atoms with Crippen LogP contribution in [0.3, 0.4) is 0 Å². The third-order valence-electron chi connectivity index (χ3n) is 4.74. The summed E-state index contributed by atoms with van der Waals surface area (Å²) < 4.78 is 10.8. The Morgan fingerprint density at radius 3 is 2.54 bits per heavy atom. The molecule has 0 bridgehead atoms. The van der Waals surface area contributed by atoms with Crippen molar-refractivity contribution < 1.29 is 9.47 Å². The van der Waals surface area contributed by atoms with E-state index in [1.165, 1.54) is 11.1 Å². The Labute approximate surface area is 183 Å². The Hall–Kier alpha value is -2.47. The SMILES string of the molecule is CN=C(NCc1cccc(C#N)c1)N1CCc2cc(OC)c(OC)cc2C1.I. The molecule has 0 radical (unpaired) electrons. The number of hydrogen-bond acceptors (Lipinski definition) is 4. The molecule has 1 aliphatic heterocycles. The highest BCUT2D eigenvalue weighted by atomic mass is 127. The average molecular weight is 492 g/mol. The zero-order valence-corrected chi connectivity index (χ0v) is 18.7. The van der Waals surface area contributed by atoms with Gasteiger partial charge < -0.3 is 19.7 Å². The summed E-state index contributed by atoms with van der Waals surface area (Å²) in [4.78, 5) is 6.65. The first-order chi connectivity index (χ1) is 13.2. The van der Waals surface area contributed by atoms with Crippen LogP contribution in [0.2, 0.25) is 0 Å². The van der Waals surface area contributed by atoms with E-state index in [9.17, 15) is 0 Å². The van der Waals surface area contributed by atoms with Gasteiger partial charge in [0.25, 0.3) is 0 Å². The molecule has 0 amide bonds. The lowest BCUT2D eigenvalue weighted by Crippen LogP contribution is -2.43. The van der Waals surface area contributed by atoms with Crippen molar-refractivity contribution in [1.82, 2.24) is 10.2 Å². The standard InChI is InChI=1S/C21H24N4O2.HI/c1-23-21(24-13-16-6-4-5-15(9-16)12-22)25-8-7-17-10-19(26-2)20(27-3)11-18(17)14-25;/h4-6,9-11H,7-8,13-14H2,1-3H3,(H,23,24);1H. The van der Waals surface area contributed by atoms with Gasteiger partial charge in [0.1, 0.15) is 0 Å². The number of halogens is 1. The summed E-state index contributed by atoms with van der Waals surface area (Å²) in [7, 11) is 5.10. The van der Waals surface area contributed by atoms with Crippen molar-refractivity contribution in [3.63, 3.8) is 0 Å². The molecule has 0 spiro atoms. The number of methoxy groups -OCH3 is 2. The molecular weight excluding hydrogens is 467 g/mol. The largest absolute Gasteiger partial charge is 0.493 e. The number of fused-ring (bicyclic) bond motifs is 1. The van der Waals surface area contributed by atoms with E-state index in [0.29, 0.717) is 12.1 Å². The molecule has 148 valence electrons. The first-order valence-corrected chi connectivity index (χ1v) is 8.87. The third kappa shape index (κ3) is 4.87. The summed E-state index contributed by atoms with van der Waals surface area (Å²) in [6.45, 7) is 2.26. The molecule has 0 unspecified atom stereocenters. The zero-order chi connectivity index (χ0) is 19.2. The van der Waals surface area contributed by atoms with Crippen molar-refractivity contribution in [2.75, 3.05) is 27.8 Å². The molecule has 6 nitrogen and oxygen atoms in total. The number of nitrogens with zero attached hydrogens (tertiary/aromatic N) is 3. The summed E-state index contributed by atoms with van der Waals surface area (Å²) in [5.41, 5.74) is 4.21. The molecule has 0 fully saturated rings. The smallest absolute Gasteiger partial charge is 0.194 e. The van der Waals surface area contributed by atoms with Gasteiger partial charge in [-0.25, -0.2) is 0 Å². The second-order valence-electron chi connectivity index (χ2n) is 6.36. The van der Waals surface area contributed by atoms with Crippen LogP contribution in [-0.2, 0) is 19.5 Å². The summed E-state index contributed by atoms with van der Waals surface area (Å²) in [5, 5.41) is 12.4. The molecular formula is C21H25IN4O2. The monoisotopic (exact) mass is 492 g/mol. The fraction of sp³-hybridized carbons (Fsp3) is 0.333. The van der Waals surface area contributed by atoms with Crippen molar-refractivity contribution in [2.45, 2.75) is 19.5 Å². The van der Waals surface area contributed by atoms with Gasteiger partial charge in [-0.1, -0.05) is 12.1 Å². The number of rotatable bonds is 4. The van der Waals surface area contributed by atoms with Crippen LogP contribution in [0.1, 0.15) is 22.3 Å². The Morgan fingerprint density at radius 2 is 1.89 bits per heavy atom. The highest BCUT2D eigenvalue weighted by molar-refractivity contribution is 14.0. The zero-order valence-electron chi connectivity index (χ0n) is 16.4. The lowest BCUT2D eigenvalue weighted by molar-refractivity contribution is 0.346. The van der Waals surface area contributed by atoms with Crippen LogP contribution in [0.25, 0.3) is 0 Å². The lowest BCUT2D eigenvalue weighted by Gasteiger charge is -2.32. The van der Waals surface area contributed by atoms with Gasteiger partial charge in [0, 0.05) is 26.7 Å². The second-order valence-corrected chi connectivity index (χ2v) is 6.36. The van der Waals surface area contributed by atoms with Crippen LogP contribution >= 0.6 is 24.0 Å². The van der Waals surface area contributed by atoms with E-state index in [1.54, 1.807) is 21.3 Å². The van der Waals surface area contributed by atoms with Gasteiger partial charge in [0.2, 0.25) is 0 Å². The number of aliphatic imine (C=N–C) groups is 1. The topological polar surface area (TPSA) is 69.9 Å². The van der Waals surface area contributed by atoms with E-state index in [0.717, 1.165) is 42.5 Å². The van der Waals surface area contributed by atoms with Crippen LogP contribution in [0, 0.1) is 11.3 Å². The number of hydrogen-bond donors (Lipinski definition) is 1. The highest BCUT2D eigenvalue weighted by Crippen LogP contribution is 2.33. The molecule has 0 aromatic heterocycles. The second kappa shape index (κ2) is 10.2. The number of nitriles is 1. The molecule has 0 saturated heterocycles. The van der Waals surface area contributed by atoms with E-state index < -0.39 is 0 Å². The molecule has 1 N–H and O–H groups in total. The maximum Gasteiger partial charge on any atom is 0.194 e. The Kier molecular flexibility index (Phi) is 7.93. The van der Waals surface area contributed by atoms with Crippen LogP contribution in [0.15, 0.2) is 41.4 Å². The minimum absolute atomic E-state index is 0. The summed E-state index contributed by atoms with van der Waals surface area (Å²) in [6, 6.07) is 13.9. The minimum Gasteiger partial charge on any atom is -0.493 e. The highest BCUT2D eigenvalue weighted by Gasteiger charge is 2.21. The van der Waals surface area contributed by atoms with Crippen molar-refractivity contribution in [2.24, 2.45) is 4.99 Å². The first-order valence-electron chi connectivity index (χ1n) is 8.87. The van der Waals surface area contributed by atoms with E-state index >= 15 is 0 Å². The van der Waals surface area contributed by atoms with E-state index in [-0.39, 0.29) is 24.0 Å². The van der Waals surface area contributed by atoms with Crippen LogP contribution in [-0.4, -0.2) is 38.7 Å². The minimum atomic E-state index is 0. The number of guanidine groups is 1. The van der Waals surface area contributed by atoms with Crippen LogP contribution in [0.5, 0.6) is 11.5 Å².